The predicted octanol–water partition coefficient (Wildman–Crippen LogP) is 5.48. The Hall–Kier alpha value is -2.77. The standard InChI is InChI=1S/C19H12BrN3O2S/c20-17-5-4-16(25-17)18(24)22-14-3-1-2-13(10-14)15-11-26-19(23-15)12-6-8-21-9-7-12/h1-11H,(H,22,24). The van der Waals surface area contributed by atoms with Gasteiger partial charge in [0, 0.05) is 34.6 Å². The van der Waals surface area contributed by atoms with E-state index >= 15 is 0 Å². The van der Waals surface area contributed by atoms with Crippen LogP contribution in [0.4, 0.5) is 5.69 Å². The number of furan rings is 1. The van der Waals surface area contributed by atoms with Crippen LogP contribution in [0, 0.1) is 0 Å². The molecule has 0 aliphatic carbocycles. The average molecular weight is 426 g/mol. The molecule has 0 saturated carbocycles. The van der Waals surface area contributed by atoms with Gasteiger partial charge >= 0.3 is 0 Å². The topological polar surface area (TPSA) is 68.0 Å². The summed E-state index contributed by atoms with van der Waals surface area (Å²) < 4.78 is 5.79. The van der Waals surface area contributed by atoms with Gasteiger partial charge in [-0.1, -0.05) is 12.1 Å². The average Bonchev–Trinajstić information content (AvgIpc) is 3.32. The molecule has 5 nitrogen and oxygen atoms in total. The van der Waals surface area contributed by atoms with Gasteiger partial charge in [0.2, 0.25) is 0 Å². The molecule has 0 saturated heterocycles. The Morgan fingerprint density at radius 1 is 1.08 bits per heavy atom. The van der Waals surface area contributed by atoms with E-state index in [-0.39, 0.29) is 11.7 Å². The Labute approximate surface area is 161 Å². The number of benzene rings is 1. The van der Waals surface area contributed by atoms with Gasteiger partial charge in [-0.15, -0.1) is 11.3 Å². The lowest BCUT2D eigenvalue weighted by Gasteiger charge is -2.05. The van der Waals surface area contributed by atoms with Crippen LogP contribution in [-0.4, -0.2) is 15.9 Å². The fourth-order valence-corrected chi connectivity index (χ4v) is 3.56. The minimum absolute atomic E-state index is 0.246. The SMILES string of the molecule is O=C(Nc1cccc(-c2csc(-c3ccncc3)n2)c1)c1ccc(Br)o1. The highest BCUT2D eigenvalue weighted by Crippen LogP contribution is 2.29. The molecule has 0 atom stereocenters. The van der Waals surface area contributed by atoms with Crippen molar-refractivity contribution in [3.05, 3.63) is 76.7 Å². The Morgan fingerprint density at radius 3 is 2.69 bits per heavy atom. The smallest absolute Gasteiger partial charge is 0.291 e. The molecule has 3 aromatic heterocycles. The Morgan fingerprint density at radius 2 is 1.92 bits per heavy atom. The molecule has 1 N–H and O–H groups in total. The lowest BCUT2D eigenvalue weighted by molar-refractivity contribution is 0.0995. The summed E-state index contributed by atoms with van der Waals surface area (Å²) in [6.45, 7) is 0. The Balaban J connectivity index is 1.56. The summed E-state index contributed by atoms with van der Waals surface area (Å²) >= 11 is 4.76. The molecular weight excluding hydrogens is 414 g/mol. The van der Waals surface area contributed by atoms with Gasteiger partial charge < -0.3 is 9.73 Å². The Kier molecular flexibility index (Phi) is 4.64. The number of aromatic nitrogens is 2. The van der Waals surface area contributed by atoms with E-state index in [0.29, 0.717) is 10.4 Å². The number of nitrogens with zero attached hydrogens (tertiary/aromatic N) is 2. The first-order chi connectivity index (χ1) is 12.7. The highest BCUT2D eigenvalue weighted by Gasteiger charge is 2.12. The van der Waals surface area contributed by atoms with E-state index in [1.165, 1.54) is 0 Å². The van der Waals surface area contributed by atoms with Crippen LogP contribution in [0.3, 0.4) is 0 Å². The van der Waals surface area contributed by atoms with Crippen molar-refractivity contribution in [1.82, 2.24) is 9.97 Å². The summed E-state index contributed by atoms with van der Waals surface area (Å²) in [5.74, 6) is -0.0560. The van der Waals surface area contributed by atoms with Gasteiger partial charge in [0.05, 0.1) is 5.69 Å². The quantitative estimate of drug-likeness (QED) is 0.469. The molecule has 4 aromatic rings. The van der Waals surface area contributed by atoms with Crippen LogP contribution in [0.5, 0.6) is 0 Å². The van der Waals surface area contributed by atoms with Crippen LogP contribution in [0.2, 0.25) is 0 Å². The van der Waals surface area contributed by atoms with E-state index in [1.54, 1.807) is 35.9 Å². The molecule has 0 radical (unpaired) electrons. The maximum absolute atomic E-state index is 12.2. The molecule has 1 amide bonds. The summed E-state index contributed by atoms with van der Waals surface area (Å²) in [7, 11) is 0. The summed E-state index contributed by atoms with van der Waals surface area (Å²) in [6.07, 6.45) is 3.50. The molecule has 4 rings (SSSR count). The normalized spacial score (nSPS) is 10.7. The van der Waals surface area contributed by atoms with Crippen molar-refractivity contribution in [3.63, 3.8) is 0 Å². The highest BCUT2D eigenvalue weighted by atomic mass is 79.9. The molecule has 0 bridgehead atoms. The second-order valence-corrected chi connectivity index (χ2v) is 7.05. The second-order valence-electron chi connectivity index (χ2n) is 5.41. The number of hydrogen-bond acceptors (Lipinski definition) is 5. The van der Waals surface area contributed by atoms with Crippen molar-refractivity contribution in [2.24, 2.45) is 0 Å². The fraction of sp³-hybridized carbons (Fsp3) is 0. The van der Waals surface area contributed by atoms with Crippen LogP contribution in [0.1, 0.15) is 10.6 Å². The van der Waals surface area contributed by atoms with Crippen molar-refractivity contribution in [3.8, 4) is 21.8 Å². The highest BCUT2D eigenvalue weighted by molar-refractivity contribution is 9.10. The summed E-state index contributed by atoms with van der Waals surface area (Å²) in [6, 6.07) is 14.7. The van der Waals surface area contributed by atoms with Crippen molar-refractivity contribution in [1.29, 1.82) is 0 Å². The number of pyridine rings is 1. The molecule has 128 valence electrons. The molecule has 26 heavy (non-hydrogen) atoms. The molecule has 1 aromatic carbocycles. The molecular formula is C19H12BrN3O2S. The summed E-state index contributed by atoms with van der Waals surface area (Å²) in [5.41, 5.74) is 3.50. The fourth-order valence-electron chi connectivity index (χ4n) is 2.42. The predicted molar refractivity (Wildman–Crippen MR) is 105 cm³/mol. The molecule has 0 spiro atoms. The third kappa shape index (κ3) is 3.58. The lowest BCUT2D eigenvalue weighted by Crippen LogP contribution is -2.10. The lowest BCUT2D eigenvalue weighted by atomic mass is 10.1. The van der Waals surface area contributed by atoms with Crippen molar-refractivity contribution in [2.45, 2.75) is 0 Å². The van der Waals surface area contributed by atoms with E-state index < -0.39 is 0 Å². The molecule has 3 heterocycles. The summed E-state index contributed by atoms with van der Waals surface area (Å²) in [4.78, 5) is 20.9. The van der Waals surface area contributed by atoms with Gasteiger partial charge in [0.15, 0.2) is 10.4 Å². The van der Waals surface area contributed by atoms with Crippen LogP contribution in [-0.2, 0) is 0 Å². The van der Waals surface area contributed by atoms with Crippen LogP contribution < -0.4 is 5.32 Å². The minimum atomic E-state index is -0.302. The molecule has 0 unspecified atom stereocenters. The number of carbonyl (C=O) groups is 1. The number of anilines is 1. The maximum Gasteiger partial charge on any atom is 0.291 e. The van der Waals surface area contributed by atoms with E-state index in [0.717, 1.165) is 21.8 Å². The molecule has 0 fully saturated rings. The number of carbonyl (C=O) groups excluding carboxylic acids is 1. The maximum atomic E-state index is 12.2. The molecule has 0 aliphatic heterocycles. The van der Waals surface area contributed by atoms with Gasteiger partial charge in [-0.05, 0) is 52.3 Å². The number of hydrogen-bond donors (Lipinski definition) is 1. The number of rotatable bonds is 4. The van der Waals surface area contributed by atoms with E-state index in [1.807, 2.05) is 41.8 Å². The zero-order chi connectivity index (χ0) is 17.9. The number of nitrogens with one attached hydrogen (secondary N) is 1. The first kappa shape index (κ1) is 16.7. The van der Waals surface area contributed by atoms with Crippen molar-refractivity contribution >= 4 is 38.9 Å². The summed E-state index contributed by atoms with van der Waals surface area (Å²) in [5, 5.41) is 5.76. The Bertz CT molecular complexity index is 1060. The van der Waals surface area contributed by atoms with Gasteiger partial charge in [-0.3, -0.25) is 9.78 Å². The van der Waals surface area contributed by atoms with Crippen LogP contribution >= 0.6 is 27.3 Å². The van der Waals surface area contributed by atoms with Gasteiger partial charge in [-0.2, -0.15) is 0 Å². The van der Waals surface area contributed by atoms with E-state index in [4.69, 9.17) is 4.42 Å². The second kappa shape index (κ2) is 7.23. The molecule has 0 aliphatic rings. The number of halogens is 1. The zero-order valence-corrected chi connectivity index (χ0v) is 15.8. The molecule has 7 heteroatoms. The minimum Gasteiger partial charge on any atom is -0.444 e. The van der Waals surface area contributed by atoms with Gasteiger partial charge in [-0.25, -0.2) is 4.98 Å². The third-order valence-electron chi connectivity index (χ3n) is 3.64. The van der Waals surface area contributed by atoms with Gasteiger partial charge in [0.25, 0.3) is 5.91 Å². The van der Waals surface area contributed by atoms with Crippen LogP contribution in [0.25, 0.3) is 21.8 Å². The number of thiazole rings is 1. The van der Waals surface area contributed by atoms with E-state index in [2.05, 4.69) is 31.2 Å². The third-order valence-corrected chi connectivity index (χ3v) is 4.96. The zero-order valence-electron chi connectivity index (χ0n) is 13.3. The first-order valence-corrected chi connectivity index (χ1v) is 9.39. The largest absolute Gasteiger partial charge is 0.444 e. The monoisotopic (exact) mass is 425 g/mol. The van der Waals surface area contributed by atoms with E-state index in [9.17, 15) is 4.79 Å². The van der Waals surface area contributed by atoms with Crippen LogP contribution in [0.15, 0.2) is 75.4 Å². The van der Waals surface area contributed by atoms with Crippen molar-refractivity contribution in [2.75, 3.05) is 5.32 Å². The first-order valence-electron chi connectivity index (χ1n) is 7.72. The number of amides is 1. The van der Waals surface area contributed by atoms with Crippen molar-refractivity contribution < 1.29 is 9.21 Å². The van der Waals surface area contributed by atoms with Gasteiger partial charge in [0.1, 0.15) is 5.01 Å².